The summed E-state index contributed by atoms with van der Waals surface area (Å²) in [5, 5.41) is 28.1. The van der Waals surface area contributed by atoms with Crippen molar-refractivity contribution in [2.75, 3.05) is 12.3 Å². The number of imidazole rings is 1. The molecule has 1 unspecified atom stereocenters. The van der Waals surface area contributed by atoms with E-state index in [1.165, 1.54) is 0 Å². The van der Waals surface area contributed by atoms with E-state index in [0.717, 1.165) is 10.9 Å². The second kappa shape index (κ2) is 5.01. The predicted octanol–water partition coefficient (Wildman–Crippen LogP) is -3.57. The van der Waals surface area contributed by atoms with E-state index in [9.17, 15) is 15.0 Å². The zero-order chi connectivity index (χ0) is 14.2. The van der Waals surface area contributed by atoms with Gasteiger partial charge in [0.05, 0.1) is 12.8 Å². The summed E-state index contributed by atoms with van der Waals surface area (Å²) in [6, 6.07) is 0. The summed E-state index contributed by atoms with van der Waals surface area (Å²) < 4.78 is 5.96. The number of primary amides is 1. The molecule has 0 radical (unpaired) electrons. The number of aromatic nitrogens is 2. The molecule has 10 nitrogen and oxygen atoms in total. The maximum absolute atomic E-state index is 10.9. The number of aliphatic hydroxyl groups is 3. The number of nitrogens with two attached hydrogens (primary N) is 2. The number of anilines is 1. The highest BCUT2D eigenvalue weighted by atomic mass is 16.8. The highest BCUT2D eigenvalue weighted by Crippen LogP contribution is 2.21. The molecule has 1 saturated heterocycles. The van der Waals surface area contributed by atoms with Crippen LogP contribution >= 0.6 is 0 Å². The van der Waals surface area contributed by atoms with Gasteiger partial charge in [-0.05, 0) is 0 Å². The van der Waals surface area contributed by atoms with Gasteiger partial charge in [-0.3, -0.25) is 4.79 Å². The van der Waals surface area contributed by atoms with Crippen molar-refractivity contribution in [2.24, 2.45) is 5.73 Å². The van der Waals surface area contributed by atoms with Crippen LogP contribution in [0.3, 0.4) is 0 Å². The molecule has 2 heterocycles. The van der Waals surface area contributed by atoms with Crippen molar-refractivity contribution in [3.8, 4) is 0 Å². The van der Waals surface area contributed by atoms with Gasteiger partial charge in [0, 0.05) is 0 Å². The smallest absolute Gasteiger partial charge is 0.269 e. The monoisotopic (exact) mass is 274 g/mol. The molecule has 106 valence electrons. The molecule has 1 fully saturated rings. The summed E-state index contributed by atoms with van der Waals surface area (Å²) in [5.74, 6) is -0.971. The van der Waals surface area contributed by atoms with Crippen molar-refractivity contribution >= 4 is 11.9 Å². The zero-order valence-corrected chi connectivity index (χ0v) is 9.71. The van der Waals surface area contributed by atoms with Crippen molar-refractivity contribution in [3.05, 3.63) is 11.9 Å². The van der Waals surface area contributed by atoms with Crippen molar-refractivity contribution < 1.29 is 29.7 Å². The van der Waals surface area contributed by atoms with Crippen molar-refractivity contribution in [1.82, 2.24) is 9.71 Å². The summed E-state index contributed by atoms with van der Waals surface area (Å²) in [5.41, 5.74) is 10.4. The first-order chi connectivity index (χ1) is 8.93. The highest BCUT2D eigenvalue weighted by molar-refractivity contribution is 5.90. The maximum Gasteiger partial charge on any atom is 0.269 e. The molecule has 1 aromatic heterocycles. The van der Waals surface area contributed by atoms with Gasteiger partial charge in [0.2, 0.25) is 5.95 Å². The number of nitrogen functional groups attached to an aromatic ring is 1. The summed E-state index contributed by atoms with van der Waals surface area (Å²) in [6.45, 7) is -0.482. The summed E-state index contributed by atoms with van der Waals surface area (Å²) in [7, 11) is 0. The molecule has 0 aromatic carbocycles. The number of amides is 1. The second-order valence-electron chi connectivity index (χ2n) is 3.99. The highest BCUT2D eigenvalue weighted by Gasteiger charge is 2.44. The van der Waals surface area contributed by atoms with Crippen LogP contribution in [0.15, 0.2) is 6.20 Å². The molecule has 1 aromatic rings. The van der Waals surface area contributed by atoms with E-state index in [1.54, 1.807) is 0 Å². The number of carbonyl (C=O) groups is 1. The zero-order valence-electron chi connectivity index (χ0n) is 9.71. The van der Waals surface area contributed by atoms with Gasteiger partial charge >= 0.3 is 0 Å². The molecule has 10 heteroatoms. The maximum atomic E-state index is 10.9. The lowest BCUT2D eigenvalue weighted by Crippen LogP contribution is -2.38. The van der Waals surface area contributed by atoms with Crippen LogP contribution in [0, 0.1) is 0 Å². The summed E-state index contributed by atoms with van der Waals surface area (Å²) in [6.07, 6.45) is -3.79. The molecule has 0 bridgehead atoms. The molecule has 0 spiro atoms. The Balaban J connectivity index is 2.11. The fourth-order valence-corrected chi connectivity index (χ4v) is 1.65. The number of nitrogens with zero attached hydrogens (tertiary/aromatic N) is 2. The van der Waals surface area contributed by atoms with E-state index in [2.05, 4.69) is 4.98 Å². The average molecular weight is 274 g/mol. The standard InChI is InChI=1S/C9H14N4O6/c10-7(17)3-1-13(9(11)12-3)19-8-6(16)5(15)4(2-14)18-8/h1,4-6,8,14-16H,2H2,(H2,10,17)(H2,11,12)/t4-,5-,6-,8?/m1/s1. The lowest BCUT2D eigenvalue weighted by molar-refractivity contribution is -0.169. The van der Waals surface area contributed by atoms with Crippen LogP contribution in [0.5, 0.6) is 0 Å². The number of aliphatic hydroxyl groups excluding tert-OH is 3. The van der Waals surface area contributed by atoms with Gasteiger partial charge in [-0.15, -0.1) is 0 Å². The minimum atomic E-state index is -1.38. The number of ether oxygens (including phenoxy) is 1. The topological polar surface area (TPSA) is 166 Å². The van der Waals surface area contributed by atoms with Crippen LogP contribution in [0.25, 0.3) is 0 Å². The normalized spacial score (nSPS) is 30.5. The number of rotatable bonds is 4. The van der Waals surface area contributed by atoms with Gasteiger partial charge in [-0.25, -0.2) is 4.98 Å². The predicted molar refractivity (Wildman–Crippen MR) is 59.5 cm³/mol. The Bertz CT molecular complexity index is 477. The Hall–Kier alpha value is -1.88. The van der Waals surface area contributed by atoms with Crippen LogP contribution in [-0.4, -0.2) is 62.1 Å². The van der Waals surface area contributed by atoms with Crippen LogP contribution in [-0.2, 0) is 4.74 Å². The second-order valence-corrected chi connectivity index (χ2v) is 3.99. The third-order valence-corrected chi connectivity index (χ3v) is 2.67. The first kappa shape index (κ1) is 13.5. The van der Waals surface area contributed by atoms with E-state index in [4.69, 9.17) is 26.1 Å². The molecular weight excluding hydrogens is 260 g/mol. The van der Waals surface area contributed by atoms with Gasteiger partial charge in [0.1, 0.15) is 18.3 Å². The Morgan fingerprint density at radius 2 is 2.21 bits per heavy atom. The third kappa shape index (κ3) is 2.46. The van der Waals surface area contributed by atoms with Crippen molar-refractivity contribution in [2.45, 2.75) is 24.6 Å². The Morgan fingerprint density at radius 3 is 2.68 bits per heavy atom. The van der Waals surface area contributed by atoms with Crippen LogP contribution < -0.4 is 16.3 Å². The van der Waals surface area contributed by atoms with E-state index in [1.807, 2.05) is 0 Å². The molecule has 1 aliphatic rings. The first-order valence-electron chi connectivity index (χ1n) is 5.38. The molecule has 19 heavy (non-hydrogen) atoms. The fourth-order valence-electron chi connectivity index (χ4n) is 1.65. The van der Waals surface area contributed by atoms with E-state index in [-0.39, 0.29) is 11.6 Å². The Labute approximate surface area is 107 Å². The van der Waals surface area contributed by atoms with Gasteiger partial charge in [-0.2, -0.15) is 4.73 Å². The average Bonchev–Trinajstić information content (AvgIpc) is 2.85. The molecule has 2 rings (SSSR count). The van der Waals surface area contributed by atoms with Crippen molar-refractivity contribution in [3.63, 3.8) is 0 Å². The third-order valence-electron chi connectivity index (χ3n) is 2.67. The Kier molecular flexibility index (Phi) is 3.57. The molecule has 1 aliphatic heterocycles. The van der Waals surface area contributed by atoms with Gasteiger partial charge < -0.3 is 36.4 Å². The lowest BCUT2D eigenvalue weighted by Gasteiger charge is -2.16. The summed E-state index contributed by atoms with van der Waals surface area (Å²) in [4.78, 5) is 19.7. The SMILES string of the molecule is NC(=O)c1cn(OC2O[C@H](CO)[C@@H](O)[C@H]2O)c(N)n1. The van der Waals surface area contributed by atoms with Crippen LogP contribution in [0.1, 0.15) is 10.5 Å². The molecule has 0 saturated carbocycles. The molecule has 7 N–H and O–H groups in total. The fraction of sp³-hybridized carbons (Fsp3) is 0.556. The summed E-state index contributed by atoms with van der Waals surface area (Å²) >= 11 is 0. The number of hydrogen-bond donors (Lipinski definition) is 5. The van der Waals surface area contributed by atoms with Crippen LogP contribution in [0.4, 0.5) is 5.95 Å². The van der Waals surface area contributed by atoms with Gasteiger partial charge in [0.15, 0.2) is 5.69 Å². The number of carbonyl (C=O) groups excluding carboxylic acids is 1. The van der Waals surface area contributed by atoms with Gasteiger partial charge in [0.25, 0.3) is 12.2 Å². The quantitative estimate of drug-likeness (QED) is 0.376. The molecular formula is C9H14N4O6. The number of hydrogen-bond acceptors (Lipinski definition) is 8. The minimum Gasteiger partial charge on any atom is -0.394 e. The van der Waals surface area contributed by atoms with E-state index >= 15 is 0 Å². The molecule has 1 amide bonds. The van der Waals surface area contributed by atoms with E-state index < -0.39 is 37.1 Å². The largest absolute Gasteiger partial charge is 0.394 e. The Morgan fingerprint density at radius 1 is 1.53 bits per heavy atom. The lowest BCUT2D eigenvalue weighted by atomic mass is 10.1. The minimum absolute atomic E-state index is 0.121. The van der Waals surface area contributed by atoms with Crippen LogP contribution in [0.2, 0.25) is 0 Å². The molecule has 0 aliphatic carbocycles. The molecule has 4 atom stereocenters. The van der Waals surface area contributed by atoms with E-state index in [0.29, 0.717) is 0 Å². The first-order valence-corrected chi connectivity index (χ1v) is 5.38. The van der Waals surface area contributed by atoms with Gasteiger partial charge in [-0.1, -0.05) is 0 Å². The van der Waals surface area contributed by atoms with Crippen molar-refractivity contribution in [1.29, 1.82) is 0 Å².